The highest BCUT2D eigenvalue weighted by atomic mass is 79.9. The third-order valence-electron chi connectivity index (χ3n) is 4.22. The lowest BCUT2D eigenvalue weighted by molar-refractivity contribution is -0.117. The highest BCUT2D eigenvalue weighted by Gasteiger charge is 2.47. The van der Waals surface area contributed by atoms with Crippen molar-refractivity contribution in [3.8, 4) is 0 Å². The van der Waals surface area contributed by atoms with E-state index < -0.39 is 29.3 Å². The van der Waals surface area contributed by atoms with Crippen molar-refractivity contribution in [2.24, 2.45) is 0 Å². The minimum atomic E-state index is -1.23. The fourth-order valence-electron chi connectivity index (χ4n) is 3.01. The number of aliphatic hydroxyl groups is 1. The molecule has 1 amide bonds. The van der Waals surface area contributed by atoms with Gasteiger partial charge >= 0.3 is 0 Å². The van der Waals surface area contributed by atoms with Gasteiger partial charge < -0.3 is 9.52 Å². The maximum Gasteiger partial charge on any atom is 0.296 e. The van der Waals surface area contributed by atoms with Crippen LogP contribution in [0, 0.1) is 12.7 Å². The number of halogens is 2. The van der Waals surface area contributed by atoms with Crippen molar-refractivity contribution in [2.75, 3.05) is 4.90 Å². The van der Waals surface area contributed by atoms with Crippen LogP contribution in [0.5, 0.6) is 0 Å². The summed E-state index contributed by atoms with van der Waals surface area (Å²) in [6, 6.07) is 5.93. The number of furan rings is 1. The molecule has 28 heavy (non-hydrogen) atoms. The Kier molecular flexibility index (Phi) is 4.60. The first-order valence-electron chi connectivity index (χ1n) is 7.97. The van der Waals surface area contributed by atoms with Gasteiger partial charge in [0.1, 0.15) is 23.1 Å². The average Bonchev–Trinajstić information content (AvgIpc) is 3.38. The third-order valence-corrected chi connectivity index (χ3v) is 5.41. The summed E-state index contributed by atoms with van der Waals surface area (Å²) < 4.78 is 20.6. The highest BCUT2D eigenvalue weighted by Crippen LogP contribution is 2.43. The molecule has 10 heteroatoms. The first kappa shape index (κ1) is 18.5. The molecule has 0 spiro atoms. The number of hydrogen-bond acceptors (Lipinski definition) is 7. The Bertz CT molecular complexity index is 1130. The maximum absolute atomic E-state index is 14.7. The first-order chi connectivity index (χ1) is 13.4. The van der Waals surface area contributed by atoms with Crippen LogP contribution in [0.2, 0.25) is 0 Å². The summed E-state index contributed by atoms with van der Waals surface area (Å²) in [5.41, 5.74) is 1.13. The summed E-state index contributed by atoms with van der Waals surface area (Å²) in [4.78, 5) is 26.9. The van der Waals surface area contributed by atoms with Crippen molar-refractivity contribution in [3.63, 3.8) is 0 Å². The molecule has 1 atom stereocenters. The summed E-state index contributed by atoms with van der Waals surface area (Å²) >= 11 is 4.29. The highest BCUT2D eigenvalue weighted by molar-refractivity contribution is 9.10. The van der Waals surface area contributed by atoms with E-state index >= 15 is 0 Å². The van der Waals surface area contributed by atoms with E-state index in [0.717, 1.165) is 16.2 Å². The van der Waals surface area contributed by atoms with Crippen molar-refractivity contribution < 1.29 is 23.5 Å². The average molecular weight is 464 g/mol. The minimum absolute atomic E-state index is 0.0219. The number of carbonyl (C=O) groups is 2. The van der Waals surface area contributed by atoms with Gasteiger partial charge in [0, 0.05) is 10.0 Å². The lowest BCUT2D eigenvalue weighted by Crippen LogP contribution is -2.31. The van der Waals surface area contributed by atoms with E-state index in [1.54, 1.807) is 13.0 Å². The molecule has 0 aliphatic carbocycles. The van der Waals surface area contributed by atoms with Gasteiger partial charge in [-0.3, -0.25) is 14.5 Å². The van der Waals surface area contributed by atoms with Crippen LogP contribution in [0.4, 0.5) is 9.52 Å². The summed E-state index contributed by atoms with van der Waals surface area (Å²) in [5.74, 6) is -2.59. The van der Waals surface area contributed by atoms with Crippen molar-refractivity contribution >= 4 is 44.1 Å². The number of benzene rings is 1. The minimum Gasteiger partial charge on any atom is -0.503 e. The van der Waals surface area contributed by atoms with Crippen LogP contribution in [-0.4, -0.2) is 27.0 Å². The number of anilines is 1. The summed E-state index contributed by atoms with van der Waals surface area (Å²) in [5, 5.41) is 18.2. The van der Waals surface area contributed by atoms with E-state index in [9.17, 15) is 19.1 Å². The van der Waals surface area contributed by atoms with Gasteiger partial charge in [-0.15, -0.1) is 10.2 Å². The van der Waals surface area contributed by atoms with Crippen LogP contribution >= 0.6 is 27.3 Å². The number of amides is 1. The van der Waals surface area contributed by atoms with E-state index in [0.29, 0.717) is 10.2 Å². The molecule has 3 heterocycles. The molecule has 1 aromatic carbocycles. The third kappa shape index (κ3) is 2.94. The fraction of sp³-hybridized carbons (Fsp3) is 0.111. The Morgan fingerprint density at radius 2 is 2.14 bits per heavy atom. The van der Waals surface area contributed by atoms with Gasteiger partial charge in [0.2, 0.25) is 10.9 Å². The second-order valence-corrected chi connectivity index (χ2v) is 7.69. The molecule has 1 N–H and O–H groups in total. The van der Waals surface area contributed by atoms with Crippen LogP contribution in [0.1, 0.15) is 27.9 Å². The molecule has 3 aromatic rings. The molecule has 1 aliphatic heterocycles. The molecule has 7 nitrogen and oxygen atoms in total. The van der Waals surface area contributed by atoms with Crippen LogP contribution < -0.4 is 4.90 Å². The molecule has 0 saturated carbocycles. The number of hydrogen-bond donors (Lipinski definition) is 1. The van der Waals surface area contributed by atoms with Gasteiger partial charge in [-0.2, -0.15) is 0 Å². The Labute approximate surface area is 170 Å². The SMILES string of the molecule is Cc1ccc(C(=O)C2=C(O)C(=O)N(c3nncs3)C2c2cc(Br)ccc2F)o1. The molecule has 0 radical (unpaired) electrons. The normalized spacial score (nSPS) is 16.9. The van der Waals surface area contributed by atoms with Gasteiger partial charge in [-0.1, -0.05) is 27.3 Å². The van der Waals surface area contributed by atoms with Gasteiger partial charge in [-0.05, 0) is 37.3 Å². The van der Waals surface area contributed by atoms with Gasteiger partial charge in [0.15, 0.2) is 11.5 Å². The molecular formula is C18H11BrFN3O4S. The molecule has 0 fully saturated rings. The monoisotopic (exact) mass is 463 g/mol. The number of aliphatic hydroxyl groups excluding tert-OH is 1. The van der Waals surface area contributed by atoms with E-state index in [4.69, 9.17) is 4.42 Å². The zero-order valence-corrected chi connectivity index (χ0v) is 16.6. The number of rotatable bonds is 4. The number of Topliss-reactive ketones (excluding diaryl/α,β-unsaturated/α-hetero) is 1. The summed E-state index contributed by atoms with van der Waals surface area (Å²) in [6.07, 6.45) is 0. The largest absolute Gasteiger partial charge is 0.503 e. The smallest absolute Gasteiger partial charge is 0.296 e. The molecular weight excluding hydrogens is 453 g/mol. The zero-order valence-electron chi connectivity index (χ0n) is 14.2. The molecule has 2 aromatic heterocycles. The van der Waals surface area contributed by atoms with Crippen LogP contribution in [0.25, 0.3) is 0 Å². The van der Waals surface area contributed by atoms with Crippen molar-refractivity contribution in [1.29, 1.82) is 0 Å². The lowest BCUT2D eigenvalue weighted by Gasteiger charge is -2.24. The number of aryl methyl sites for hydroxylation is 1. The standard InChI is InChI=1S/C18H11BrFN3O4S/c1-8-2-5-12(27-8)15(24)13-14(10-6-9(19)3-4-11(10)20)23(17(26)16(13)25)18-22-21-7-28-18/h2-7,14,25H,1H3. The second kappa shape index (κ2) is 6.95. The quantitative estimate of drug-likeness (QED) is 0.584. The van der Waals surface area contributed by atoms with Crippen molar-refractivity contribution in [3.05, 3.63) is 74.5 Å². The Balaban J connectivity index is 1.92. The number of nitrogens with zero attached hydrogens (tertiary/aromatic N) is 3. The first-order valence-corrected chi connectivity index (χ1v) is 9.64. The van der Waals surface area contributed by atoms with E-state index in [2.05, 4.69) is 26.1 Å². The topological polar surface area (TPSA) is 96.5 Å². The molecule has 0 saturated heterocycles. The Morgan fingerprint density at radius 3 is 2.79 bits per heavy atom. The van der Waals surface area contributed by atoms with Gasteiger partial charge in [0.05, 0.1) is 5.57 Å². The van der Waals surface area contributed by atoms with E-state index in [1.807, 2.05) is 0 Å². The van der Waals surface area contributed by atoms with E-state index in [-0.39, 0.29) is 22.0 Å². The number of carbonyl (C=O) groups excluding carboxylic acids is 2. The van der Waals surface area contributed by atoms with Crippen LogP contribution in [0.3, 0.4) is 0 Å². The van der Waals surface area contributed by atoms with Gasteiger partial charge in [-0.25, -0.2) is 4.39 Å². The number of aromatic nitrogens is 2. The predicted molar refractivity (Wildman–Crippen MR) is 102 cm³/mol. The molecule has 1 aliphatic rings. The summed E-state index contributed by atoms with van der Waals surface area (Å²) in [6.45, 7) is 1.66. The number of ketones is 1. The van der Waals surface area contributed by atoms with Gasteiger partial charge in [0.25, 0.3) is 5.91 Å². The predicted octanol–water partition coefficient (Wildman–Crippen LogP) is 4.12. The van der Waals surface area contributed by atoms with E-state index in [1.165, 1.54) is 29.8 Å². The molecule has 0 bridgehead atoms. The molecule has 4 rings (SSSR count). The second-order valence-electron chi connectivity index (χ2n) is 5.97. The lowest BCUT2D eigenvalue weighted by atomic mass is 9.95. The van der Waals surface area contributed by atoms with Crippen LogP contribution in [0.15, 0.2) is 56.1 Å². The molecule has 142 valence electrons. The van der Waals surface area contributed by atoms with Crippen LogP contribution in [-0.2, 0) is 4.79 Å². The Morgan fingerprint density at radius 1 is 1.36 bits per heavy atom. The zero-order chi connectivity index (χ0) is 20.0. The van der Waals surface area contributed by atoms with Crippen molar-refractivity contribution in [1.82, 2.24) is 10.2 Å². The summed E-state index contributed by atoms with van der Waals surface area (Å²) in [7, 11) is 0. The maximum atomic E-state index is 14.7. The Hall–Kier alpha value is -2.85. The molecule has 1 unspecified atom stereocenters. The van der Waals surface area contributed by atoms with Crippen molar-refractivity contribution in [2.45, 2.75) is 13.0 Å². The fourth-order valence-corrected chi connectivity index (χ4v) is 3.98.